The molecular formula is C11H14FNO2. The first-order valence-electron chi connectivity index (χ1n) is 4.69. The van der Waals surface area contributed by atoms with E-state index in [1.165, 1.54) is 24.3 Å². The molecule has 0 saturated heterocycles. The van der Waals surface area contributed by atoms with E-state index in [1.54, 1.807) is 7.11 Å². The van der Waals surface area contributed by atoms with E-state index in [4.69, 9.17) is 4.74 Å². The maximum atomic E-state index is 12.6. The zero-order chi connectivity index (χ0) is 11.3. The minimum absolute atomic E-state index is 0.0625. The quantitative estimate of drug-likeness (QED) is 0.821. The van der Waals surface area contributed by atoms with Gasteiger partial charge in [-0.15, -0.1) is 0 Å². The van der Waals surface area contributed by atoms with Gasteiger partial charge < -0.3 is 10.1 Å². The van der Waals surface area contributed by atoms with Crippen LogP contribution < -0.4 is 5.32 Å². The number of halogens is 1. The molecule has 3 nitrogen and oxygen atoms in total. The fraction of sp³-hybridized carbons (Fsp3) is 0.364. The fourth-order valence-electron chi connectivity index (χ4n) is 1.20. The molecule has 0 unspecified atom stereocenters. The van der Waals surface area contributed by atoms with E-state index in [0.29, 0.717) is 12.2 Å². The molecule has 15 heavy (non-hydrogen) atoms. The fourth-order valence-corrected chi connectivity index (χ4v) is 1.20. The maximum Gasteiger partial charge on any atom is 0.251 e. The molecule has 0 aliphatic heterocycles. The van der Waals surface area contributed by atoms with Crippen molar-refractivity contribution in [3.05, 3.63) is 35.6 Å². The van der Waals surface area contributed by atoms with E-state index in [-0.39, 0.29) is 17.8 Å². The molecule has 1 aromatic rings. The van der Waals surface area contributed by atoms with Crippen molar-refractivity contribution in [1.82, 2.24) is 5.32 Å². The first-order chi connectivity index (χ1) is 7.13. The highest BCUT2D eigenvalue weighted by Gasteiger charge is 2.08. The van der Waals surface area contributed by atoms with E-state index in [1.807, 2.05) is 6.92 Å². The van der Waals surface area contributed by atoms with Crippen LogP contribution in [0.4, 0.5) is 4.39 Å². The third-order valence-corrected chi connectivity index (χ3v) is 1.90. The number of hydrogen-bond acceptors (Lipinski definition) is 2. The summed E-state index contributed by atoms with van der Waals surface area (Å²) < 4.78 is 17.5. The van der Waals surface area contributed by atoms with E-state index >= 15 is 0 Å². The van der Waals surface area contributed by atoms with Crippen LogP contribution in [-0.2, 0) is 4.74 Å². The van der Waals surface area contributed by atoms with Gasteiger partial charge in [0.15, 0.2) is 0 Å². The highest BCUT2D eigenvalue weighted by atomic mass is 19.1. The Labute approximate surface area is 88.2 Å². The normalized spacial score (nSPS) is 12.2. The first-order valence-corrected chi connectivity index (χ1v) is 4.69. The van der Waals surface area contributed by atoms with Gasteiger partial charge in [-0.2, -0.15) is 0 Å². The summed E-state index contributed by atoms with van der Waals surface area (Å²) in [5, 5.41) is 2.73. The molecule has 1 N–H and O–H groups in total. The Morgan fingerprint density at radius 3 is 2.60 bits per heavy atom. The lowest BCUT2D eigenvalue weighted by Crippen LogP contribution is -2.35. The molecule has 0 aliphatic carbocycles. The van der Waals surface area contributed by atoms with Crippen LogP contribution in [0.3, 0.4) is 0 Å². The molecule has 0 bridgehead atoms. The predicted octanol–water partition coefficient (Wildman–Crippen LogP) is 1.59. The van der Waals surface area contributed by atoms with E-state index < -0.39 is 0 Å². The van der Waals surface area contributed by atoms with Gasteiger partial charge in [-0.3, -0.25) is 4.79 Å². The molecule has 1 atom stereocenters. The number of carbonyl (C=O) groups excluding carboxylic acids is 1. The number of ether oxygens (including phenoxy) is 1. The molecule has 1 rings (SSSR count). The van der Waals surface area contributed by atoms with E-state index in [0.717, 1.165) is 0 Å². The number of benzene rings is 1. The largest absolute Gasteiger partial charge is 0.383 e. The van der Waals surface area contributed by atoms with Crippen LogP contribution in [0.25, 0.3) is 0 Å². The lowest BCUT2D eigenvalue weighted by Gasteiger charge is -2.12. The van der Waals surface area contributed by atoms with Crippen molar-refractivity contribution in [2.24, 2.45) is 0 Å². The number of carbonyl (C=O) groups is 1. The third kappa shape index (κ3) is 3.67. The van der Waals surface area contributed by atoms with Gasteiger partial charge in [-0.1, -0.05) is 0 Å². The van der Waals surface area contributed by atoms with Gasteiger partial charge in [0.25, 0.3) is 5.91 Å². The van der Waals surface area contributed by atoms with Crippen LogP contribution in [0.2, 0.25) is 0 Å². The standard InChI is InChI=1S/C11H14FNO2/c1-8(7-15-2)13-11(14)9-3-5-10(12)6-4-9/h3-6,8H,7H2,1-2H3,(H,13,14)/t8-/m1/s1. The third-order valence-electron chi connectivity index (χ3n) is 1.90. The summed E-state index contributed by atoms with van der Waals surface area (Å²) in [5.41, 5.74) is 0.444. The van der Waals surface area contributed by atoms with Crippen LogP contribution in [0.15, 0.2) is 24.3 Å². The number of hydrogen-bond donors (Lipinski definition) is 1. The van der Waals surface area contributed by atoms with Gasteiger partial charge >= 0.3 is 0 Å². The van der Waals surface area contributed by atoms with Crippen LogP contribution in [0.1, 0.15) is 17.3 Å². The second-order valence-corrected chi connectivity index (χ2v) is 3.34. The minimum atomic E-state index is -0.350. The molecule has 0 heterocycles. The molecular weight excluding hydrogens is 197 g/mol. The van der Waals surface area contributed by atoms with Gasteiger partial charge in [0.2, 0.25) is 0 Å². The summed E-state index contributed by atoms with van der Waals surface area (Å²) in [4.78, 5) is 11.6. The van der Waals surface area contributed by atoms with E-state index in [9.17, 15) is 9.18 Å². The minimum Gasteiger partial charge on any atom is -0.383 e. The highest BCUT2D eigenvalue weighted by Crippen LogP contribution is 2.02. The van der Waals surface area contributed by atoms with Crippen LogP contribution in [0, 0.1) is 5.82 Å². The summed E-state index contributed by atoms with van der Waals surface area (Å²) in [5.74, 6) is -0.573. The molecule has 1 aromatic carbocycles. The number of rotatable bonds is 4. The monoisotopic (exact) mass is 211 g/mol. The second-order valence-electron chi connectivity index (χ2n) is 3.34. The average Bonchev–Trinajstić information content (AvgIpc) is 2.18. The Morgan fingerprint density at radius 1 is 1.47 bits per heavy atom. The molecule has 0 radical (unpaired) electrons. The van der Waals surface area contributed by atoms with Crippen molar-refractivity contribution in [2.45, 2.75) is 13.0 Å². The van der Waals surface area contributed by atoms with Crippen molar-refractivity contribution < 1.29 is 13.9 Å². The molecule has 0 fully saturated rings. The summed E-state index contributed by atoms with van der Waals surface area (Å²) in [7, 11) is 1.57. The van der Waals surface area contributed by atoms with Gasteiger partial charge in [0.1, 0.15) is 5.82 Å². The van der Waals surface area contributed by atoms with Crippen LogP contribution in [0.5, 0.6) is 0 Å². The highest BCUT2D eigenvalue weighted by molar-refractivity contribution is 5.94. The number of methoxy groups -OCH3 is 1. The zero-order valence-electron chi connectivity index (χ0n) is 8.79. The van der Waals surface area contributed by atoms with Crippen molar-refractivity contribution >= 4 is 5.91 Å². The Bertz CT molecular complexity index is 324. The molecule has 0 saturated carbocycles. The maximum absolute atomic E-state index is 12.6. The van der Waals surface area contributed by atoms with E-state index in [2.05, 4.69) is 5.32 Å². The summed E-state index contributed by atoms with van der Waals surface area (Å²) in [6.45, 7) is 2.29. The van der Waals surface area contributed by atoms with Gasteiger partial charge in [-0.05, 0) is 31.2 Å². The Balaban J connectivity index is 2.57. The Morgan fingerprint density at radius 2 is 2.07 bits per heavy atom. The Hall–Kier alpha value is -1.42. The summed E-state index contributed by atoms with van der Waals surface area (Å²) in [6.07, 6.45) is 0. The Kier molecular flexibility index (Phi) is 4.24. The number of nitrogens with one attached hydrogen (secondary N) is 1. The van der Waals surface area contributed by atoms with Crippen molar-refractivity contribution in [3.8, 4) is 0 Å². The molecule has 1 amide bonds. The van der Waals surface area contributed by atoms with Gasteiger partial charge in [-0.25, -0.2) is 4.39 Å². The van der Waals surface area contributed by atoms with Crippen LogP contribution in [-0.4, -0.2) is 25.7 Å². The SMILES string of the molecule is COC[C@@H](C)NC(=O)c1ccc(F)cc1. The van der Waals surface area contributed by atoms with Crippen molar-refractivity contribution in [1.29, 1.82) is 0 Å². The molecule has 0 spiro atoms. The first kappa shape index (κ1) is 11.7. The van der Waals surface area contributed by atoms with Crippen molar-refractivity contribution in [2.75, 3.05) is 13.7 Å². The summed E-state index contributed by atoms with van der Waals surface area (Å²) in [6, 6.07) is 5.35. The summed E-state index contributed by atoms with van der Waals surface area (Å²) >= 11 is 0. The molecule has 0 aromatic heterocycles. The van der Waals surface area contributed by atoms with Gasteiger partial charge in [0.05, 0.1) is 6.61 Å². The second kappa shape index (κ2) is 5.46. The zero-order valence-corrected chi connectivity index (χ0v) is 8.79. The lowest BCUT2D eigenvalue weighted by atomic mass is 10.2. The van der Waals surface area contributed by atoms with Crippen LogP contribution >= 0.6 is 0 Å². The average molecular weight is 211 g/mol. The number of amides is 1. The van der Waals surface area contributed by atoms with Gasteiger partial charge in [0, 0.05) is 18.7 Å². The molecule has 0 aliphatic rings. The van der Waals surface area contributed by atoms with Crippen molar-refractivity contribution in [3.63, 3.8) is 0 Å². The molecule has 82 valence electrons. The predicted molar refractivity (Wildman–Crippen MR) is 55.2 cm³/mol. The molecule has 4 heteroatoms. The smallest absolute Gasteiger partial charge is 0.251 e. The lowest BCUT2D eigenvalue weighted by molar-refractivity contribution is 0.0905. The topological polar surface area (TPSA) is 38.3 Å².